The van der Waals surface area contributed by atoms with Crippen molar-refractivity contribution in [3.63, 3.8) is 0 Å². The molecule has 0 radical (unpaired) electrons. The molecule has 1 aromatic heterocycles. The van der Waals surface area contributed by atoms with E-state index in [2.05, 4.69) is 10.3 Å². The number of hydrogen-bond donors (Lipinski definition) is 1. The van der Waals surface area contributed by atoms with E-state index in [0.717, 1.165) is 25.0 Å². The van der Waals surface area contributed by atoms with E-state index in [-0.39, 0.29) is 24.0 Å². The van der Waals surface area contributed by atoms with Gasteiger partial charge in [0.15, 0.2) is 17.5 Å². The van der Waals surface area contributed by atoms with Gasteiger partial charge in [-0.25, -0.2) is 4.98 Å². The van der Waals surface area contributed by atoms with Crippen LogP contribution in [0.15, 0.2) is 24.3 Å². The van der Waals surface area contributed by atoms with Gasteiger partial charge in [-0.05, 0) is 25.3 Å². The largest absolute Gasteiger partial charge is 0.477 e. The summed E-state index contributed by atoms with van der Waals surface area (Å²) in [4.78, 5) is 27.7. The Morgan fingerprint density at radius 3 is 3.00 bits per heavy atom. The number of nitro benzene ring substituents is 1. The van der Waals surface area contributed by atoms with Crippen molar-refractivity contribution in [2.75, 3.05) is 11.9 Å². The van der Waals surface area contributed by atoms with E-state index in [9.17, 15) is 14.9 Å². The van der Waals surface area contributed by atoms with Crippen molar-refractivity contribution in [1.82, 2.24) is 4.98 Å². The van der Waals surface area contributed by atoms with Crippen LogP contribution in [0.2, 0.25) is 0 Å². The number of aryl methyl sites for hydroxylation is 2. The van der Waals surface area contributed by atoms with Gasteiger partial charge < -0.3 is 4.74 Å². The zero-order chi connectivity index (χ0) is 15.5. The molecule has 3 rings (SSSR count). The first-order chi connectivity index (χ1) is 10.6. The number of ether oxygens (including phenoxy) is 1. The van der Waals surface area contributed by atoms with E-state index in [4.69, 9.17) is 4.74 Å². The van der Waals surface area contributed by atoms with Crippen LogP contribution in [0.4, 0.5) is 10.8 Å². The first-order valence-corrected chi connectivity index (χ1v) is 7.60. The second-order valence-electron chi connectivity index (χ2n) is 4.80. The molecule has 0 fully saturated rings. The Kier molecular flexibility index (Phi) is 4.01. The number of nitrogens with one attached hydrogen (secondary N) is 1. The molecular formula is C14H13N3O4S. The van der Waals surface area contributed by atoms with Gasteiger partial charge in [0.05, 0.1) is 10.6 Å². The van der Waals surface area contributed by atoms with Gasteiger partial charge in [0.2, 0.25) is 0 Å². The van der Waals surface area contributed by atoms with Crippen molar-refractivity contribution in [2.45, 2.75) is 19.3 Å². The van der Waals surface area contributed by atoms with Crippen LogP contribution in [0.25, 0.3) is 0 Å². The topological polar surface area (TPSA) is 94.4 Å². The fourth-order valence-electron chi connectivity index (χ4n) is 2.27. The average Bonchev–Trinajstić information content (AvgIpc) is 3.06. The molecule has 1 N–H and O–H groups in total. The van der Waals surface area contributed by atoms with Gasteiger partial charge in [-0.15, -0.1) is 11.3 Å². The Morgan fingerprint density at radius 1 is 1.41 bits per heavy atom. The average molecular weight is 319 g/mol. The number of nitro groups is 1. The minimum Gasteiger partial charge on any atom is -0.477 e. The lowest BCUT2D eigenvalue weighted by Gasteiger charge is -2.06. The van der Waals surface area contributed by atoms with Crippen molar-refractivity contribution in [3.8, 4) is 5.75 Å². The molecular weight excluding hydrogens is 306 g/mol. The van der Waals surface area contributed by atoms with Crippen LogP contribution < -0.4 is 10.1 Å². The minimum absolute atomic E-state index is 0.0734. The summed E-state index contributed by atoms with van der Waals surface area (Å²) >= 11 is 1.47. The Hall–Kier alpha value is -2.48. The molecule has 0 unspecified atom stereocenters. The minimum atomic E-state index is -0.543. The monoisotopic (exact) mass is 319 g/mol. The number of rotatable bonds is 5. The lowest BCUT2D eigenvalue weighted by molar-refractivity contribution is -0.385. The Morgan fingerprint density at radius 2 is 2.23 bits per heavy atom. The second kappa shape index (κ2) is 6.10. The molecule has 1 aliphatic rings. The summed E-state index contributed by atoms with van der Waals surface area (Å²) in [6.07, 6.45) is 3.08. The highest BCUT2D eigenvalue weighted by Crippen LogP contribution is 2.30. The number of thiazole rings is 1. The molecule has 0 aliphatic heterocycles. The maximum Gasteiger partial charge on any atom is 0.310 e. The van der Waals surface area contributed by atoms with Gasteiger partial charge in [0.1, 0.15) is 0 Å². The fraction of sp³-hybridized carbons (Fsp3) is 0.286. The summed E-state index contributed by atoms with van der Waals surface area (Å²) in [5.41, 5.74) is 0.892. The van der Waals surface area contributed by atoms with E-state index in [1.807, 2.05) is 0 Å². The van der Waals surface area contributed by atoms with Crippen LogP contribution in [0.5, 0.6) is 5.75 Å². The molecule has 1 heterocycles. The molecule has 22 heavy (non-hydrogen) atoms. The molecule has 114 valence electrons. The van der Waals surface area contributed by atoms with Crippen molar-refractivity contribution < 1.29 is 14.5 Å². The predicted octanol–water partition coefficient (Wildman–Crippen LogP) is 2.56. The van der Waals surface area contributed by atoms with Crippen molar-refractivity contribution in [3.05, 3.63) is 45.0 Å². The SMILES string of the molecule is O=C(COc1ccccc1[N+](=O)[O-])Nc1nc2c(s1)CCC2. The standard InChI is InChI=1S/C14H13N3O4S/c18-13(16-14-15-9-4-3-7-12(9)22-14)8-21-11-6-2-1-5-10(11)17(19)20/h1-2,5-6H,3-4,7-8H2,(H,15,16,18). The highest BCUT2D eigenvalue weighted by molar-refractivity contribution is 7.15. The number of aromatic nitrogens is 1. The highest BCUT2D eigenvalue weighted by Gasteiger charge is 2.19. The molecule has 0 saturated carbocycles. The maximum atomic E-state index is 11.9. The molecule has 2 aromatic rings. The molecule has 0 spiro atoms. The van der Waals surface area contributed by atoms with E-state index in [1.165, 1.54) is 28.3 Å². The Balaban J connectivity index is 1.59. The maximum absolute atomic E-state index is 11.9. The molecule has 1 aliphatic carbocycles. The van der Waals surface area contributed by atoms with Crippen molar-refractivity contribution in [2.24, 2.45) is 0 Å². The number of hydrogen-bond acceptors (Lipinski definition) is 6. The molecule has 8 heteroatoms. The third kappa shape index (κ3) is 3.06. The van der Waals surface area contributed by atoms with Crippen LogP contribution >= 0.6 is 11.3 Å². The van der Waals surface area contributed by atoms with Gasteiger partial charge in [0.25, 0.3) is 5.91 Å². The molecule has 1 aromatic carbocycles. The van der Waals surface area contributed by atoms with Gasteiger partial charge >= 0.3 is 5.69 Å². The number of carbonyl (C=O) groups excluding carboxylic acids is 1. The third-order valence-corrected chi connectivity index (χ3v) is 4.34. The van der Waals surface area contributed by atoms with Crippen LogP contribution in [0.3, 0.4) is 0 Å². The second-order valence-corrected chi connectivity index (χ2v) is 5.89. The zero-order valence-corrected chi connectivity index (χ0v) is 12.4. The zero-order valence-electron chi connectivity index (χ0n) is 11.6. The van der Waals surface area contributed by atoms with Crippen LogP contribution in [0.1, 0.15) is 17.0 Å². The highest BCUT2D eigenvalue weighted by atomic mass is 32.1. The van der Waals surface area contributed by atoms with Crippen LogP contribution in [0, 0.1) is 10.1 Å². The summed E-state index contributed by atoms with van der Waals surface area (Å²) in [7, 11) is 0. The first-order valence-electron chi connectivity index (χ1n) is 6.78. The van der Waals surface area contributed by atoms with E-state index < -0.39 is 4.92 Å². The summed E-state index contributed by atoms with van der Waals surface area (Å²) in [5, 5.41) is 14.1. The predicted molar refractivity (Wildman–Crippen MR) is 81.4 cm³/mol. The van der Waals surface area contributed by atoms with Crippen molar-refractivity contribution >= 4 is 28.1 Å². The Bertz CT molecular complexity index is 707. The fourth-order valence-corrected chi connectivity index (χ4v) is 3.34. The normalized spacial score (nSPS) is 12.7. The van der Waals surface area contributed by atoms with Gasteiger partial charge in [-0.2, -0.15) is 0 Å². The third-order valence-electron chi connectivity index (χ3n) is 3.26. The quantitative estimate of drug-likeness (QED) is 0.675. The van der Waals surface area contributed by atoms with E-state index in [1.54, 1.807) is 12.1 Å². The molecule has 0 bridgehead atoms. The van der Waals surface area contributed by atoms with Crippen LogP contribution in [-0.2, 0) is 17.6 Å². The number of para-hydroxylation sites is 2. The van der Waals surface area contributed by atoms with Gasteiger partial charge in [0, 0.05) is 10.9 Å². The molecule has 1 amide bonds. The Labute approximate surface area is 130 Å². The summed E-state index contributed by atoms with van der Waals surface area (Å²) in [6, 6.07) is 5.95. The lowest BCUT2D eigenvalue weighted by Crippen LogP contribution is -2.20. The summed E-state index contributed by atoms with van der Waals surface area (Å²) in [6.45, 7) is -0.297. The number of fused-ring (bicyclic) bond motifs is 1. The van der Waals surface area contributed by atoms with Crippen molar-refractivity contribution in [1.29, 1.82) is 0 Å². The number of benzene rings is 1. The number of nitrogens with zero attached hydrogens (tertiary/aromatic N) is 2. The summed E-state index contributed by atoms with van der Waals surface area (Å²) in [5.74, 6) is -0.310. The van der Waals surface area contributed by atoms with Gasteiger partial charge in [-0.3, -0.25) is 20.2 Å². The molecule has 0 atom stereocenters. The number of amides is 1. The smallest absolute Gasteiger partial charge is 0.310 e. The van der Waals surface area contributed by atoms with Crippen LogP contribution in [-0.4, -0.2) is 22.4 Å². The van der Waals surface area contributed by atoms with Gasteiger partial charge in [-0.1, -0.05) is 12.1 Å². The number of carbonyl (C=O) groups is 1. The first kappa shape index (κ1) is 14.5. The molecule has 7 nitrogen and oxygen atoms in total. The van der Waals surface area contributed by atoms with E-state index >= 15 is 0 Å². The lowest BCUT2D eigenvalue weighted by atomic mass is 10.3. The number of anilines is 1. The molecule has 0 saturated heterocycles. The summed E-state index contributed by atoms with van der Waals surface area (Å²) < 4.78 is 5.23. The van der Waals surface area contributed by atoms with E-state index in [0.29, 0.717) is 5.13 Å².